The summed E-state index contributed by atoms with van der Waals surface area (Å²) in [5.41, 5.74) is 0. The van der Waals surface area contributed by atoms with Gasteiger partial charge < -0.3 is 10.2 Å². The van der Waals surface area contributed by atoms with Gasteiger partial charge >= 0.3 is 0 Å². The smallest absolute Gasteiger partial charge is 0.0133 e. The molecular formula is C13H28N2. The Morgan fingerprint density at radius 3 is 2.53 bits per heavy atom. The van der Waals surface area contributed by atoms with Crippen LogP contribution in [0.5, 0.6) is 0 Å². The SMILES string of the molecule is CCNCC1CCC1N(C)CCC(C)C. The minimum absolute atomic E-state index is 0.833. The quantitative estimate of drug-likeness (QED) is 0.697. The summed E-state index contributed by atoms with van der Waals surface area (Å²) in [6.07, 6.45) is 4.16. The van der Waals surface area contributed by atoms with Crippen LogP contribution in [-0.4, -0.2) is 37.6 Å². The highest BCUT2D eigenvalue weighted by Gasteiger charge is 2.32. The minimum Gasteiger partial charge on any atom is -0.317 e. The van der Waals surface area contributed by atoms with Crippen molar-refractivity contribution < 1.29 is 0 Å². The number of hydrogen-bond acceptors (Lipinski definition) is 2. The molecule has 2 unspecified atom stereocenters. The van der Waals surface area contributed by atoms with E-state index in [-0.39, 0.29) is 0 Å². The second-order valence-electron chi connectivity index (χ2n) is 5.38. The van der Waals surface area contributed by atoms with Gasteiger partial charge in [-0.2, -0.15) is 0 Å². The van der Waals surface area contributed by atoms with Gasteiger partial charge in [-0.05, 0) is 57.8 Å². The van der Waals surface area contributed by atoms with Crippen LogP contribution < -0.4 is 5.32 Å². The van der Waals surface area contributed by atoms with Gasteiger partial charge in [0.25, 0.3) is 0 Å². The van der Waals surface area contributed by atoms with Gasteiger partial charge in [-0.15, -0.1) is 0 Å². The van der Waals surface area contributed by atoms with E-state index in [1.807, 2.05) is 0 Å². The Balaban J connectivity index is 2.18. The zero-order valence-electron chi connectivity index (χ0n) is 10.9. The molecule has 0 aliphatic heterocycles. The third kappa shape index (κ3) is 4.12. The molecule has 90 valence electrons. The Morgan fingerprint density at radius 2 is 2.07 bits per heavy atom. The van der Waals surface area contributed by atoms with Crippen LogP contribution in [0.4, 0.5) is 0 Å². The van der Waals surface area contributed by atoms with Crippen molar-refractivity contribution in [3.05, 3.63) is 0 Å². The van der Waals surface area contributed by atoms with E-state index in [2.05, 4.69) is 38.0 Å². The predicted octanol–water partition coefficient (Wildman–Crippen LogP) is 2.35. The summed E-state index contributed by atoms with van der Waals surface area (Å²) in [7, 11) is 2.30. The molecule has 1 aliphatic rings. The highest BCUT2D eigenvalue weighted by molar-refractivity contribution is 4.88. The van der Waals surface area contributed by atoms with Crippen LogP contribution in [0.15, 0.2) is 0 Å². The van der Waals surface area contributed by atoms with Crippen molar-refractivity contribution in [2.45, 2.75) is 46.1 Å². The van der Waals surface area contributed by atoms with Gasteiger partial charge in [-0.3, -0.25) is 0 Å². The van der Waals surface area contributed by atoms with E-state index < -0.39 is 0 Å². The van der Waals surface area contributed by atoms with Crippen LogP contribution in [0.3, 0.4) is 0 Å². The first-order valence-corrected chi connectivity index (χ1v) is 6.56. The van der Waals surface area contributed by atoms with E-state index in [0.29, 0.717) is 0 Å². The molecule has 0 saturated heterocycles. The van der Waals surface area contributed by atoms with Gasteiger partial charge in [-0.1, -0.05) is 20.8 Å². The predicted molar refractivity (Wildman–Crippen MR) is 67.1 cm³/mol. The summed E-state index contributed by atoms with van der Waals surface area (Å²) in [6.45, 7) is 10.4. The first-order valence-electron chi connectivity index (χ1n) is 6.56. The summed E-state index contributed by atoms with van der Waals surface area (Å²) in [4.78, 5) is 2.57. The lowest BCUT2D eigenvalue weighted by molar-refractivity contribution is 0.0805. The second kappa shape index (κ2) is 6.49. The Morgan fingerprint density at radius 1 is 1.33 bits per heavy atom. The molecule has 0 aromatic heterocycles. The normalized spacial score (nSPS) is 26.0. The molecule has 1 aliphatic carbocycles. The number of nitrogens with zero attached hydrogens (tertiary/aromatic N) is 1. The van der Waals surface area contributed by atoms with E-state index in [1.54, 1.807) is 0 Å². The molecule has 0 amide bonds. The monoisotopic (exact) mass is 212 g/mol. The molecule has 1 saturated carbocycles. The molecular weight excluding hydrogens is 184 g/mol. The number of nitrogens with one attached hydrogen (secondary N) is 1. The Hall–Kier alpha value is -0.0800. The lowest BCUT2D eigenvalue weighted by atomic mass is 9.78. The Bertz CT molecular complexity index is 168. The first-order chi connectivity index (χ1) is 7.15. The maximum absolute atomic E-state index is 3.47. The fraction of sp³-hybridized carbons (Fsp3) is 1.00. The summed E-state index contributed by atoms with van der Waals surface area (Å²) >= 11 is 0. The molecule has 0 heterocycles. The van der Waals surface area contributed by atoms with Crippen molar-refractivity contribution in [1.82, 2.24) is 10.2 Å². The molecule has 1 fully saturated rings. The van der Waals surface area contributed by atoms with Crippen molar-refractivity contribution in [3.8, 4) is 0 Å². The molecule has 2 heteroatoms. The van der Waals surface area contributed by atoms with Gasteiger partial charge in [0.05, 0.1) is 0 Å². The molecule has 0 spiro atoms. The average Bonchev–Trinajstić information content (AvgIpc) is 2.13. The lowest BCUT2D eigenvalue weighted by Gasteiger charge is -2.43. The molecule has 0 bridgehead atoms. The molecule has 2 nitrogen and oxygen atoms in total. The maximum Gasteiger partial charge on any atom is 0.0133 e. The third-order valence-electron chi connectivity index (χ3n) is 3.66. The van der Waals surface area contributed by atoms with Crippen LogP contribution in [-0.2, 0) is 0 Å². The fourth-order valence-electron chi connectivity index (χ4n) is 2.33. The van der Waals surface area contributed by atoms with Crippen LogP contribution in [0.2, 0.25) is 0 Å². The van der Waals surface area contributed by atoms with E-state index >= 15 is 0 Å². The van der Waals surface area contributed by atoms with Gasteiger partial charge in [-0.25, -0.2) is 0 Å². The molecule has 0 aromatic rings. The maximum atomic E-state index is 3.47. The topological polar surface area (TPSA) is 15.3 Å². The van der Waals surface area contributed by atoms with Gasteiger partial charge in [0.1, 0.15) is 0 Å². The zero-order valence-corrected chi connectivity index (χ0v) is 10.9. The highest BCUT2D eigenvalue weighted by atomic mass is 15.1. The van der Waals surface area contributed by atoms with Gasteiger partial charge in [0.15, 0.2) is 0 Å². The zero-order chi connectivity index (χ0) is 11.3. The van der Waals surface area contributed by atoms with E-state index in [9.17, 15) is 0 Å². The van der Waals surface area contributed by atoms with Crippen LogP contribution in [0.25, 0.3) is 0 Å². The standard InChI is InChI=1S/C13H28N2/c1-5-14-10-12-6-7-13(12)15(4)9-8-11(2)3/h11-14H,5-10H2,1-4H3. The summed E-state index contributed by atoms with van der Waals surface area (Å²) in [5, 5.41) is 3.47. The number of hydrogen-bond donors (Lipinski definition) is 1. The fourth-order valence-corrected chi connectivity index (χ4v) is 2.33. The summed E-state index contributed by atoms with van der Waals surface area (Å²) in [6, 6.07) is 0.850. The summed E-state index contributed by atoms with van der Waals surface area (Å²) < 4.78 is 0. The van der Waals surface area contributed by atoms with Crippen LogP contribution in [0.1, 0.15) is 40.0 Å². The molecule has 1 rings (SSSR count). The second-order valence-corrected chi connectivity index (χ2v) is 5.38. The molecule has 2 atom stereocenters. The molecule has 0 aromatic carbocycles. The number of rotatable bonds is 7. The van der Waals surface area contributed by atoms with E-state index in [1.165, 1.54) is 32.4 Å². The Labute approximate surface area is 95.4 Å². The van der Waals surface area contributed by atoms with Crippen LogP contribution >= 0.6 is 0 Å². The molecule has 1 N–H and O–H groups in total. The largest absolute Gasteiger partial charge is 0.317 e. The minimum atomic E-state index is 0.833. The van der Waals surface area contributed by atoms with E-state index in [4.69, 9.17) is 0 Å². The molecule has 0 radical (unpaired) electrons. The van der Waals surface area contributed by atoms with Gasteiger partial charge in [0, 0.05) is 6.04 Å². The molecule has 15 heavy (non-hydrogen) atoms. The van der Waals surface area contributed by atoms with E-state index in [0.717, 1.165) is 24.4 Å². The van der Waals surface area contributed by atoms with Crippen molar-refractivity contribution in [3.63, 3.8) is 0 Å². The first kappa shape index (κ1) is 13.0. The lowest BCUT2D eigenvalue weighted by Crippen LogP contribution is -2.49. The van der Waals surface area contributed by atoms with Crippen LogP contribution in [0, 0.1) is 11.8 Å². The van der Waals surface area contributed by atoms with Crippen molar-refractivity contribution in [2.24, 2.45) is 11.8 Å². The third-order valence-corrected chi connectivity index (χ3v) is 3.66. The van der Waals surface area contributed by atoms with Crippen molar-refractivity contribution in [1.29, 1.82) is 0 Å². The van der Waals surface area contributed by atoms with Crippen molar-refractivity contribution >= 4 is 0 Å². The summed E-state index contributed by atoms with van der Waals surface area (Å²) in [5.74, 6) is 1.74. The van der Waals surface area contributed by atoms with Gasteiger partial charge in [0.2, 0.25) is 0 Å². The van der Waals surface area contributed by atoms with Crippen molar-refractivity contribution in [2.75, 3.05) is 26.7 Å². The average molecular weight is 212 g/mol. The Kier molecular flexibility index (Phi) is 5.62. The highest BCUT2D eigenvalue weighted by Crippen LogP contribution is 2.31.